The number of tetrazole rings is 1. The number of rotatable bonds is 6. The zero-order valence-electron chi connectivity index (χ0n) is 10.9. The first-order chi connectivity index (χ1) is 8.81. The van der Waals surface area contributed by atoms with Gasteiger partial charge in [-0.2, -0.15) is 4.80 Å². The van der Waals surface area contributed by atoms with Gasteiger partial charge in [0.2, 0.25) is 5.82 Å². The molecule has 18 heavy (non-hydrogen) atoms. The summed E-state index contributed by atoms with van der Waals surface area (Å²) in [5, 5.41) is 15.8. The monoisotopic (exact) mass is 245 g/mol. The predicted octanol–water partition coefficient (Wildman–Crippen LogP) is 1.90. The van der Waals surface area contributed by atoms with Crippen LogP contribution in [0.3, 0.4) is 0 Å². The number of nitrogens with one attached hydrogen (secondary N) is 1. The SMILES string of the molecule is CNCCCC(C)n1nnc(-c2ccccc2)n1. The van der Waals surface area contributed by atoms with Crippen molar-refractivity contribution < 1.29 is 0 Å². The normalized spacial score (nSPS) is 12.6. The molecule has 0 amide bonds. The van der Waals surface area contributed by atoms with Crippen molar-refractivity contribution in [2.45, 2.75) is 25.8 Å². The maximum absolute atomic E-state index is 4.43. The van der Waals surface area contributed by atoms with Gasteiger partial charge in [0.25, 0.3) is 0 Å². The van der Waals surface area contributed by atoms with E-state index >= 15 is 0 Å². The summed E-state index contributed by atoms with van der Waals surface area (Å²) in [5.74, 6) is 0.691. The molecular weight excluding hydrogens is 226 g/mol. The molecule has 0 aliphatic heterocycles. The molecule has 0 aliphatic rings. The third kappa shape index (κ3) is 3.13. The first-order valence-corrected chi connectivity index (χ1v) is 6.31. The molecule has 2 aromatic rings. The summed E-state index contributed by atoms with van der Waals surface area (Å²) in [7, 11) is 1.96. The highest BCUT2D eigenvalue weighted by Crippen LogP contribution is 2.15. The molecule has 0 fully saturated rings. The van der Waals surface area contributed by atoms with Crippen molar-refractivity contribution in [2.75, 3.05) is 13.6 Å². The molecule has 0 bridgehead atoms. The van der Waals surface area contributed by atoms with Gasteiger partial charge in [0.1, 0.15) is 0 Å². The molecule has 1 heterocycles. The second-order valence-corrected chi connectivity index (χ2v) is 4.39. The van der Waals surface area contributed by atoms with Crippen molar-refractivity contribution in [1.82, 2.24) is 25.5 Å². The van der Waals surface area contributed by atoms with Gasteiger partial charge in [0.15, 0.2) is 0 Å². The average molecular weight is 245 g/mol. The lowest BCUT2D eigenvalue weighted by Crippen LogP contribution is -2.13. The quantitative estimate of drug-likeness (QED) is 0.790. The van der Waals surface area contributed by atoms with E-state index in [-0.39, 0.29) is 6.04 Å². The Kier molecular flexibility index (Phi) is 4.41. The lowest BCUT2D eigenvalue weighted by atomic mass is 10.2. The Hall–Kier alpha value is -1.75. The smallest absolute Gasteiger partial charge is 0.204 e. The van der Waals surface area contributed by atoms with Gasteiger partial charge < -0.3 is 5.32 Å². The topological polar surface area (TPSA) is 55.6 Å². The summed E-state index contributed by atoms with van der Waals surface area (Å²) in [6, 6.07) is 10.2. The second kappa shape index (κ2) is 6.26. The van der Waals surface area contributed by atoms with Crippen LogP contribution in [-0.4, -0.2) is 33.8 Å². The van der Waals surface area contributed by atoms with Crippen LogP contribution >= 0.6 is 0 Å². The van der Waals surface area contributed by atoms with E-state index in [1.165, 1.54) is 0 Å². The highest BCUT2D eigenvalue weighted by atomic mass is 15.6. The molecule has 0 spiro atoms. The average Bonchev–Trinajstić information content (AvgIpc) is 2.89. The summed E-state index contributed by atoms with van der Waals surface area (Å²) < 4.78 is 0. The summed E-state index contributed by atoms with van der Waals surface area (Å²) >= 11 is 0. The first kappa shape index (κ1) is 12.7. The van der Waals surface area contributed by atoms with Crippen molar-refractivity contribution >= 4 is 0 Å². The van der Waals surface area contributed by atoms with E-state index in [1.54, 1.807) is 4.80 Å². The highest BCUT2D eigenvalue weighted by Gasteiger charge is 2.10. The number of hydrogen-bond donors (Lipinski definition) is 1. The molecule has 5 nitrogen and oxygen atoms in total. The lowest BCUT2D eigenvalue weighted by Gasteiger charge is -2.08. The molecule has 1 aromatic carbocycles. The van der Waals surface area contributed by atoms with Gasteiger partial charge in [-0.25, -0.2) is 0 Å². The molecule has 2 rings (SSSR count). The number of nitrogens with zero attached hydrogens (tertiary/aromatic N) is 4. The van der Waals surface area contributed by atoms with Crippen LogP contribution in [0.25, 0.3) is 11.4 Å². The van der Waals surface area contributed by atoms with Crippen LogP contribution in [0.2, 0.25) is 0 Å². The Morgan fingerprint density at radius 2 is 2.06 bits per heavy atom. The minimum atomic E-state index is 0.281. The largest absolute Gasteiger partial charge is 0.320 e. The van der Waals surface area contributed by atoms with E-state index in [2.05, 4.69) is 27.7 Å². The summed E-state index contributed by atoms with van der Waals surface area (Å²) in [5.41, 5.74) is 1.01. The Morgan fingerprint density at radius 3 is 2.78 bits per heavy atom. The Morgan fingerprint density at radius 1 is 1.28 bits per heavy atom. The molecule has 0 radical (unpaired) electrons. The van der Waals surface area contributed by atoms with Crippen LogP contribution in [0.1, 0.15) is 25.8 Å². The zero-order chi connectivity index (χ0) is 12.8. The van der Waals surface area contributed by atoms with Crippen molar-refractivity contribution in [1.29, 1.82) is 0 Å². The molecule has 1 unspecified atom stereocenters. The molecule has 5 heteroatoms. The van der Waals surface area contributed by atoms with Gasteiger partial charge in [-0.1, -0.05) is 30.3 Å². The van der Waals surface area contributed by atoms with Crippen molar-refractivity contribution in [3.8, 4) is 11.4 Å². The molecule has 1 atom stereocenters. The first-order valence-electron chi connectivity index (χ1n) is 6.31. The fourth-order valence-corrected chi connectivity index (χ4v) is 1.80. The van der Waals surface area contributed by atoms with Crippen molar-refractivity contribution in [3.05, 3.63) is 30.3 Å². The number of benzene rings is 1. The van der Waals surface area contributed by atoms with Crippen LogP contribution in [0, 0.1) is 0 Å². The van der Waals surface area contributed by atoms with Gasteiger partial charge in [-0.3, -0.25) is 0 Å². The van der Waals surface area contributed by atoms with Crippen LogP contribution in [0.4, 0.5) is 0 Å². The van der Waals surface area contributed by atoms with Crippen molar-refractivity contribution in [2.24, 2.45) is 0 Å². The van der Waals surface area contributed by atoms with E-state index in [0.717, 1.165) is 24.9 Å². The van der Waals surface area contributed by atoms with E-state index in [9.17, 15) is 0 Å². The minimum Gasteiger partial charge on any atom is -0.320 e. The molecule has 0 aliphatic carbocycles. The molecule has 1 aromatic heterocycles. The van der Waals surface area contributed by atoms with Gasteiger partial charge >= 0.3 is 0 Å². The van der Waals surface area contributed by atoms with Crippen LogP contribution < -0.4 is 5.32 Å². The zero-order valence-corrected chi connectivity index (χ0v) is 10.9. The fraction of sp³-hybridized carbons (Fsp3) is 0.462. The Balaban J connectivity index is 2.02. The third-order valence-electron chi connectivity index (χ3n) is 2.90. The van der Waals surface area contributed by atoms with E-state index in [4.69, 9.17) is 0 Å². The Labute approximate surface area is 107 Å². The van der Waals surface area contributed by atoms with Gasteiger partial charge in [0, 0.05) is 5.56 Å². The van der Waals surface area contributed by atoms with Gasteiger partial charge in [0.05, 0.1) is 6.04 Å². The second-order valence-electron chi connectivity index (χ2n) is 4.39. The molecule has 0 saturated heterocycles. The van der Waals surface area contributed by atoms with Crippen molar-refractivity contribution in [3.63, 3.8) is 0 Å². The predicted molar refractivity (Wildman–Crippen MR) is 71.1 cm³/mol. The standard InChI is InChI=1S/C13H19N5/c1-11(7-6-10-14-2)18-16-13(15-17-18)12-8-4-3-5-9-12/h3-5,8-9,11,14H,6-7,10H2,1-2H3. The van der Waals surface area contributed by atoms with E-state index in [1.807, 2.05) is 37.4 Å². The van der Waals surface area contributed by atoms with E-state index < -0.39 is 0 Å². The maximum atomic E-state index is 4.43. The maximum Gasteiger partial charge on any atom is 0.204 e. The molecule has 0 saturated carbocycles. The van der Waals surface area contributed by atoms with Crippen LogP contribution in [0.15, 0.2) is 30.3 Å². The van der Waals surface area contributed by atoms with Crippen LogP contribution in [-0.2, 0) is 0 Å². The molecular formula is C13H19N5. The van der Waals surface area contributed by atoms with Gasteiger partial charge in [-0.15, -0.1) is 10.2 Å². The van der Waals surface area contributed by atoms with E-state index in [0.29, 0.717) is 5.82 Å². The third-order valence-corrected chi connectivity index (χ3v) is 2.90. The number of hydrogen-bond acceptors (Lipinski definition) is 4. The summed E-state index contributed by atoms with van der Waals surface area (Å²) in [6.07, 6.45) is 2.16. The molecule has 96 valence electrons. The molecule has 1 N–H and O–H groups in total. The minimum absolute atomic E-state index is 0.281. The highest BCUT2D eigenvalue weighted by molar-refractivity contribution is 5.52. The van der Waals surface area contributed by atoms with Crippen LogP contribution in [0.5, 0.6) is 0 Å². The van der Waals surface area contributed by atoms with Gasteiger partial charge in [-0.05, 0) is 38.6 Å². The fourth-order valence-electron chi connectivity index (χ4n) is 1.80. The Bertz CT molecular complexity index is 465. The summed E-state index contributed by atoms with van der Waals surface area (Å²) in [6.45, 7) is 3.14. The number of aromatic nitrogens is 4. The lowest BCUT2D eigenvalue weighted by molar-refractivity contribution is 0.391. The summed E-state index contributed by atoms with van der Waals surface area (Å²) in [4.78, 5) is 1.71.